The molecule has 0 bridgehead atoms. The van der Waals surface area contributed by atoms with Gasteiger partial charge in [-0.25, -0.2) is 0 Å². The van der Waals surface area contributed by atoms with Crippen LogP contribution >= 0.6 is 11.8 Å². The van der Waals surface area contributed by atoms with E-state index in [1.807, 2.05) is 11.8 Å². The second kappa shape index (κ2) is 7.36. The lowest BCUT2D eigenvalue weighted by molar-refractivity contribution is -0.126. The van der Waals surface area contributed by atoms with Gasteiger partial charge in [0.1, 0.15) is 0 Å². The van der Waals surface area contributed by atoms with Gasteiger partial charge in [0.25, 0.3) is 0 Å². The van der Waals surface area contributed by atoms with Gasteiger partial charge in [-0.3, -0.25) is 9.69 Å². The number of carbonyl (C=O) groups is 1. The Morgan fingerprint density at radius 2 is 2.11 bits per heavy atom. The quantitative estimate of drug-likeness (QED) is 0.789. The number of nitrogens with one attached hydrogen (secondary N) is 1. The molecule has 0 aromatic carbocycles. The number of rotatable bonds is 4. The normalized spacial score (nSPS) is 30.1. The highest BCUT2D eigenvalue weighted by Crippen LogP contribution is 2.22. The Hall–Kier alpha value is -0.260. The number of thioether (sulfide) groups is 1. The Morgan fingerprint density at radius 3 is 2.83 bits per heavy atom. The van der Waals surface area contributed by atoms with Gasteiger partial charge in [0.2, 0.25) is 5.91 Å². The van der Waals surface area contributed by atoms with Crippen LogP contribution in [0.3, 0.4) is 0 Å². The monoisotopic (exact) mass is 271 g/mol. The van der Waals surface area contributed by atoms with E-state index in [2.05, 4.69) is 10.2 Å². The molecule has 0 aromatic heterocycles. The lowest BCUT2D eigenvalue weighted by Crippen LogP contribution is -2.42. The minimum absolute atomic E-state index is 0.158. The first-order valence-corrected chi connectivity index (χ1v) is 8.24. The maximum absolute atomic E-state index is 12.0. The van der Waals surface area contributed by atoms with E-state index in [0.29, 0.717) is 0 Å². The zero-order chi connectivity index (χ0) is 12.8. The average molecular weight is 271 g/mol. The van der Waals surface area contributed by atoms with Gasteiger partial charge >= 0.3 is 0 Å². The van der Waals surface area contributed by atoms with Crippen molar-refractivity contribution in [2.45, 2.75) is 31.7 Å². The maximum Gasteiger partial charge on any atom is 0.223 e. The summed E-state index contributed by atoms with van der Waals surface area (Å²) in [5, 5.41) is 3.08. The number of nitrogens with zero attached hydrogens (tertiary/aromatic N) is 1. The fourth-order valence-corrected chi connectivity index (χ4v) is 3.75. The zero-order valence-corrected chi connectivity index (χ0v) is 11.9. The minimum atomic E-state index is 0.158. The largest absolute Gasteiger partial charge is 0.355 e. The summed E-state index contributed by atoms with van der Waals surface area (Å²) in [4.78, 5) is 14.4. The lowest BCUT2D eigenvalue weighted by atomic mass is 9.85. The number of hydrogen-bond donors (Lipinski definition) is 2. The molecule has 0 spiro atoms. The predicted octanol–water partition coefficient (Wildman–Crippen LogP) is 0.669. The number of carbonyl (C=O) groups excluding carboxylic acids is 1. The number of hydrogen-bond acceptors (Lipinski definition) is 4. The molecule has 104 valence electrons. The molecule has 2 fully saturated rings. The van der Waals surface area contributed by atoms with Crippen LogP contribution in [-0.2, 0) is 4.79 Å². The summed E-state index contributed by atoms with van der Waals surface area (Å²) in [5.41, 5.74) is 5.92. The Morgan fingerprint density at radius 1 is 1.33 bits per heavy atom. The fraction of sp³-hybridized carbons (Fsp3) is 0.923. The zero-order valence-electron chi connectivity index (χ0n) is 11.1. The highest BCUT2D eigenvalue weighted by atomic mass is 32.2. The van der Waals surface area contributed by atoms with Crippen LogP contribution < -0.4 is 11.1 Å². The summed E-state index contributed by atoms with van der Waals surface area (Å²) in [6, 6.07) is 0.230. The molecule has 1 saturated heterocycles. The third-order valence-corrected chi connectivity index (χ3v) is 4.86. The molecule has 3 N–H and O–H groups in total. The standard InChI is InChI=1S/C13H25N3OS/c14-12-3-1-2-11(10-12)13(17)15-4-5-16-6-8-18-9-7-16/h11-12H,1-10,14H2,(H,15,17). The summed E-state index contributed by atoms with van der Waals surface area (Å²) >= 11 is 2.02. The third kappa shape index (κ3) is 4.44. The molecule has 4 nitrogen and oxygen atoms in total. The molecular weight excluding hydrogens is 246 g/mol. The molecule has 1 heterocycles. The van der Waals surface area contributed by atoms with Crippen molar-refractivity contribution in [3.63, 3.8) is 0 Å². The van der Waals surface area contributed by atoms with Gasteiger partial charge in [-0.15, -0.1) is 0 Å². The summed E-state index contributed by atoms with van der Waals surface area (Å²) in [6.45, 7) is 4.10. The average Bonchev–Trinajstić information content (AvgIpc) is 2.40. The Kier molecular flexibility index (Phi) is 5.79. The van der Waals surface area contributed by atoms with Gasteiger partial charge in [-0.2, -0.15) is 11.8 Å². The van der Waals surface area contributed by atoms with Crippen molar-refractivity contribution >= 4 is 17.7 Å². The van der Waals surface area contributed by atoms with Crippen molar-refractivity contribution in [3.8, 4) is 0 Å². The van der Waals surface area contributed by atoms with Crippen LogP contribution in [0.4, 0.5) is 0 Å². The first-order chi connectivity index (χ1) is 8.75. The fourth-order valence-electron chi connectivity index (χ4n) is 2.77. The van der Waals surface area contributed by atoms with Gasteiger partial charge in [0.15, 0.2) is 0 Å². The van der Waals surface area contributed by atoms with Crippen molar-refractivity contribution in [2.24, 2.45) is 11.7 Å². The topological polar surface area (TPSA) is 58.4 Å². The molecule has 5 heteroatoms. The third-order valence-electron chi connectivity index (χ3n) is 3.92. The summed E-state index contributed by atoms with van der Waals surface area (Å²) in [7, 11) is 0. The van der Waals surface area contributed by atoms with E-state index in [1.54, 1.807) is 0 Å². The Balaban J connectivity index is 1.61. The summed E-state index contributed by atoms with van der Waals surface area (Å²) in [5.74, 6) is 2.83. The van der Waals surface area contributed by atoms with Crippen LogP contribution in [0, 0.1) is 5.92 Å². The van der Waals surface area contributed by atoms with Crippen LogP contribution in [0.15, 0.2) is 0 Å². The molecule has 2 unspecified atom stereocenters. The van der Waals surface area contributed by atoms with Gasteiger partial charge in [0, 0.05) is 49.6 Å². The molecule has 1 aliphatic heterocycles. The first-order valence-electron chi connectivity index (χ1n) is 7.09. The van der Waals surface area contributed by atoms with Crippen LogP contribution in [0.2, 0.25) is 0 Å². The summed E-state index contributed by atoms with van der Waals surface area (Å²) < 4.78 is 0. The maximum atomic E-state index is 12.0. The predicted molar refractivity (Wildman–Crippen MR) is 76.7 cm³/mol. The van der Waals surface area contributed by atoms with Crippen molar-refractivity contribution in [3.05, 3.63) is 0 Å². The van der Waals surface area contributed by atoms with E-state index >= 15 is 0 Å². The van der Waals surface area contributed by atoms with E-state index < -0.39 is 0 Å². The molecule has 18 heavy (non-hydrogen) atoms. The van der Waals surface area contributed by atoms with Gasteiger partial charge in [-0.05, 0) is 19.3 Å². The van der Waals surface area contributed by atoms with Gasteiger partial charge in [0.05, 0.1) is 0 Å². The van der Waals surface area contributed by atoms with Crippen LogP contribution in [0.1, 0.15) is 25.7 Å². The Bertz CT molecular complexity index is 269. The summed E-state index contributed by atoms with van der Waals surface area (Å²) in [6.07, 6.45) is 4.06. The van der Waals surface area contributed by atoms with Crippen LogP contribution in [0.25, 0.3) is 0 Å². The molecule has 1 saturated carbocycles. The van der Waals surface area contributed by atoms with Crippen LogP contribution in [0.5, 0.6) is 0 Å². The smallest absolute Gasteiger partial charge is 0.223 e. The van der Waals surface area contributed by atoms with Crippen molar-refractivity contribution < 1.29 is 4.79 Å². The van der Waals surface area contributed by atoms with E-state index in [1.165, 1.54) is 11.5 Å². The van der Waals surface area contributed by atoms with E-state index in [4.69, 9.17) is 5.73 Å². The molecule has 2 aliphatic rings. The molecular formula is C13H25N3OS. The van der Waals surface area contributed by atoms with Crippen LogP contribution in [-0.4, -0.2) is 54.5 Å². The highest BCUT2D eigenvalue weighted by Gasteiger charge is 2.25. The number of amides is 1. The molecule has 2 atom stereocenters. The Labute approximate surface area is 114 Å². The molecule has 2 rings (SSSR count). The molecule has 0 aromatic rings. The van der Waals surface area contributed by atoms with E-state index in [9.17, 15) is 4.79 Å². The molecule has 1 aliphatic carbocycles. The van der Waals surface area contributed by atoms with E-state index in [-0.39, 0.29) is 17.9 Å². The first kappa shape index (κ1) is 14.2. The highest BCUT2D eigenvalue weighted by molar-refractivity contribution is 7.99. The van der Waals surface area contributed by atoms with Crippen molar-refractivity contribution in [1.82, 2.24) is 10.2 Å². The lowest BCUT2D eigenvalue weighted by Gasteiger charge is -2.28. The van der Waals surface area contributed by atoms with Gasteiger partial charge < -0.3 is 11.1 Å². The van der Waals surface area contributed by atoms with Gasteiger partial charge in [-0.1, -0.05) is 6.42 Å². The number of nitrogens with two attached hydrogens (primary N) is 1. The molecule has 0 radical (unpaired) electrons. The SMILES string of the molecule is NC1CCCC(C(=O)NCCN2CCSCC2)C1. The van der Waals surface area contributed by atoms with E-state index in [0.717, 1.165) is 51.9 Å². The van der Waals surface area contributed by atoms with Crippen molar-refractivity contribution in [1.29, 1.82) is 0 Å². The minimum Gasteiger partial charge on any atom is -0.355 e. The molecule has 1 amide bonds. The van der Waals surface area contributed by atoms with Crippen molar-refractivity contribution in [2.75, 3.05) is 37.7 Å². The second-order valence-corrected chi connectivity index (χ2v) is 6.59. The second-order valence-electron chi connectivity index (χ2n) is 5.37.